The Morgan fingerprint density at radius 1 is 1.16 bits per heavy atom. The summed E-state index contributed by atoms with van der Waals surface area (Å²) < 4.78 is 1.43. The van der Waals surface area contributed by atoms with Crippen LogP contribution < -0.4 is 5.32 Å². The van der Waals surface area contributed by atoms with Crippen molar-refractivity contribution in [2.75, 3.05) is 0 Å². The van der Waals surface area contributed by atoms with E-state index in [1.807, 2.05) is 36.4 Å². The van der Waals surface area contributed by atoms with Crippen LogP contribution >= 0.6 is 0 Å². The summed E-state index contributed by atoms with van der Waals surface area (Å²) in [6, 6.07) is 16.3. The molecule has 0 aliphatic rings. The van der Waals surface area contributed by atoms with E-state index in [-0.39, 0.29) is 5.91 Å². The van der Waals surface area contributed by atoms with Gasteiger partial charge in [0.05, 0.1) is 23.4 Å². The Hall–Kier alpha value is -3.06. The third-order valence-electron chi connectivity index (χ3n) is 3.97. The van der Waals surface area contributed by atoms with Crippen LogP contribution in [0.4, 0.5) is 0 Å². The first-order valence-corrected chi connectivity index (χ1v) is 8.00. The standard InChI is InChI=1S/C18H19N5O2/c1-13(17(24)11-14-7-3-2-4-8-14)20-18(25)15-9-5-6-10-16(15)23-12-19-21-22-23/h2-10,12-13,17,24H,11H2,1H3,(H,20,25). The quantitative estimate of drug-likeness (QED) is 0.709. The minimum atomic E-state index is -0.688. The molecule has 2 unspecified atom stereocenters. The third kappa shape index (κ3) is 4.07. The lowest BCUT2D eigenvalue weighted by molar-refractivity contribution is 0.0851. The fourth-order valence-corrected chi connectivity index (χ4v) is 2.55. The Morgan fingerprint density at radius 3 is 2.60 bits per heavy atom. The summed E-state index contributed by atoms with van der Waals surface area (Å²) >= 11 is 0. The van der Waals surface area contributed by atoms with Crippen molar-refractivity contribution in [1.82, 2.24) is 25.5 Å². The predicted molar refractivity (Wildman–Crippen MR) is 92.2 cm³/mol. The fraction of sp³-hybridized carbons (Fsp3) is 0.222. The van der Waals surface area contributed by atoms with Gasteiger partial charge in [0, 0.05) is 6.42 Å². The summed E-state index contributed by atoms with van der Waals surface area (Å²) in [5.74, 6) is -0.286. The second-order valence-electron chi connectivity index (χ2n) is 5.79. The van der Waals surface area contributed by atoms with Crippen LogP contribution in [0.5, 0.6) is 0 Å². The molecule has 0 fully saturated rings. The Morgan fingerprint density at radius 2 is 1.88 bits per heavy atom. The zero-order chi connectivity index (χ0) is 17.6. The van der Waals surface area contributed by atoms with E-state index in [9.17, 15) is 9.90 Å². The van der Waals surface area contributed by atoms with Crippen molar-refractivity contribution in [2.45, 2.75) is 25.5 Å². The van der Waals surface area contributed by atoms with E-state index in [2.05, 4.69) is 20.8 Å². The molecule has 2 N–H and O–H groups in total. The van der Waals surface area contributed by atoms with E-state index in [1.165, 1.54) is 11.0 Å². The van der Waals surface area contributed by atoms with E-state index in [0.717, 1.165) is 5.56 Å². The summed E-state index contributed by atoms with van der Waals surface area (Å²) in [6.45, 7) is 1.78. The number of carbonyl (C=O) groups excluding carboxylic acids is 1. The van der Waals surface area contributed by atoms with Crippen molar-refractivity contribution in [3.8, 4) is 5.69 Å². The van der Waals surface area contributed by atoms with Crippen molar-refractivity contribution in [3.63, 3.8) is 0 Å². The van der Waals surface area contributed by atoms with Gasteiger partial charge in [-0.1, -0.05) is 42.5 Å². The Kier molecular flexibility index (Phi) is 5.15. The maximum absolute atomic E-state index is 12.6. The van der Waals surface area contributed by atoms with Crippen LogP contribution in [0.1, 0.15) is 22.8 Å². The number of carbonyl (C=O) groups is 1. The van der Waals surface area contributed by atoms with Gasteiger partial charge in [-0.05, 0) is 35.0 Å². The number of hydrogen-bond acceptors (Lipinski definition) is 5. The van der Waals surface area contributed by atoms with Crippen molar-refractivity contribution < 1.29 is 9.90 Å². The summed E-state index contributed by atoms with van der Waals surface area (Å²) in [6.07, 6.45) is 1.21. The molecule has 0 radical (unpaired) electrons. The number of para-hydroxylation sites is 1. The number of aliphatic hydroxyl groups is 1. The fourth-order valence-electron chi connectivity index (χ4n) is 2.55. The van der Waals surface area contributed by atoms with Crippen molar-refractivity contribution in [3.05, 3.63) is 72.1 Å². The van der Waals surface area contributed by atoms with Crippen LogP contribution in [0.3, 0.4) is 0 Å². The molecule has 2 atom stereocenters. The topological polar surface area (TPSA) is 92.9 Å². The molecule has 1 heterocycles. The Labute approximate surface area is 145 Å². The first-order chi connectivity index (χ1) is 12.1. The SMILES string of the molecule is CC(NC(=O)c1ccccc1-n1cnnn1)C(O)Cc1ccccc1. The maximum atomic E-state index is 12.6. The maximum Gasteiger partial charge on any atom is 0.253 e. The average Bonchev–Trinajstić information content (AvgIpc) is 3.17. The van der Waals surface area contributed by atoms with Crippen LogP contribution in [0.15, 0.2) is 60.9 Å². The number of nitrogens with one attached hydrogen (secondary N) is 1. The molecule has 2 aromatic carbocycles. The predicted octanol–water partition coefficient (Wildman–Crippen LogP) is 1.38. The smallest absolute Gasteiger partial charge is 0.253 e. The molecule has 0 aliphatic carbocycles. The molecule has 7 nitrogen and oxygen atoms in total. The van der Waals surface area contributed by atoms with Crippen LogP contribution in [0, 0.1) is 0 Å². The number of amides is 1. The van der Waals surface area contributed by atoms with Crippen molar-refractivity contribution in [1.29, 1.82) is 0 Å². The highest BCUT2D eigenvalue weighted by Gasteiger charge is 2.20. The molecule has 3 rings (SSSR count). The highest BCUT2D eigenvalue weighted by atomic mass is 16.3. The molecule has 128 valence electrons. The van der Waals surface area contributed by atoms with Crippen LogP contribution in [-0.4, -0.2) is 43.4 Å². The number of hydrogen-bond donors (Lipinski definition) is 2. The van der Waals surface area contributed by atoms with Gasteiger partial charge in [-0.25, -0.2) is 0 Å². The number of benzene rings is 2. The minimum absolute atomic E-state index is 0.286. The van der Waals surface area contributed by atoms with Gasteiger partial charge in [0.1, 0.15) is 6.33 Å². The first kappa shape index (κ1) is 16.8. The number of aliphatic hydroxyl groups excluding tert-OH is 1. The largest absolute Gasteiger partial charge is 0.391 e. The molecule has 1 aromatic heterocycles. The minimum Gasteiger partial charge on any atom is -0.391 e. The highest BCUT2D eigenvalue weighted by molar-refractivity contribution is 5.97. The van der Waals surface area contributed by atoms with E-state index in [4.69, 9.17) is 0 Å². The van der Waals surface area contributed by atoms with Crippen molar-refractivity contribution in [2.24, 2.45) is 0 Å². The monoisotopic (exact) mass is 337 g/mol. The van der Waals surface area contributed by atoms with Crippen molar-refractivity contribution >= 4 is 5.91 Å². The van der Waals surface area contributed by atoms with E-state index in [0.29, 0.717) is 17.7 Å². The van der Waals surface area contributed by atoms with Gasteiger partial charge in [-0.3, -0.25) is 4.79 Å². The molecular formula is C18H19N5O2. The summed E-state index contributed by atoms with van der Waals surface area (Å²) in [5, 5.41) is 24.2. The van der Waals surface area contributed by atoms with E-state index < -0.39 is 12.1 Å². The lowest BCUT2D eigenvalue weighted by Crippen LogP contribution is -2.42. The zero-order valence-corrected chi connectivity index (χ0v) is 13.8. The molecule has 3 aromatic rings. The number of aromatic nitrogens is 4. The van der Waals surface area contributed by atoms with E-state index >= 15 is 0 Å². The number of tetrazole rings is 1. The molecule has 0 saturated heterocycles. The second kappa shape index (κ2) is 7.67. The summed E-state index contributed by atoms with van der Waals surface area (Å²) in [7, 11) is 0. The average molecular weight is 337 g/mol. The van der Waals surface area contributed by atoms with Gasteiger partial charge in [-0.15, -0.1) is 5.10 Å². The lowest BCUT2D eigenvalue weighted by Gasteiger charge is -2.21. The van der Waals surface area contributed by atoms with E-state index in [1.54, 1.807) is 25.1 Å². The third-order valence-corrected chi connectivity index (χ3v) is 3.97. The summed E-state index contributed by atoms with van der Waals surface area (Å²) in [5.41, 5.74) is 2.04. The molecule has 0 aliphatic heterocycles. The van der Waals surface area contributed by atoms with Crippen LogP contribution in [0.25, 0.3) is 5.69 Å². The van der Waals surface area contributed by atoms with Crippen LogP contribution in [0.2, 0.25) is 0 Å². The Bertz CT molecular complexity index is 821. The van der Waals surface area contributed by atoms with Gasteiger partial charge in [0.15, 0.2) is 0 Å². The molecule has 25 heavy (non-hydrogen) atoms. The van der Waals surface area contributed by atoms with Gasteiger partial charge in [-0.2, -0.15) is 4.68 Å². The summed E-state index contributed by atoms with van der Waals surface area (Å²) in [4.78, 5) is 12.6. The zero-order valence-electron chi connectivity index (χ0n) is 13.8. The Balaban J connectivity index is 1.70. The molecular weight excluding hydrogens is 318 g/mol. The lowest BCUT2D eigenvalue weighted by atomic mass is 10.0. The van der Waals surface area contributed by atoms with Gasteiger partial charge in [0.25, 0.3) is 5.91 Å². The normalized spacial score (nSPS) is 13.2. The molecule has 0 spiro atoms. The van der Waals surface area contributed by atoms with Crippen LogP contribution in [-0.2, 0) is 6.42 Å². The second-order valence-corrected chi connectivity index (χ2v) is 5.79. The molecule has 0 bridgehead atoms. The molecule has 7 heteroatoms. The molecule has 0 saturated carbocycles. The first-order valence-electron chi connectivity index (χ1n) is 8.00. The van der Waals surface area contributed by atoms with Gasteiger partial charge < -0.3 is 10.4 Å². The number of rotatable bonds is 6. The number of nitrogens with zero attached hydrogens (tertiary/aromatic N) is 4. The van der Waals surface area contributed by atoms with Gasteiger partial charge >= 0.3 is 0 Å². The molecule has 1 amide bonds. The highest BCUT2D eigenvalue weighted by Crippen LogP contribution is 2.13. The van der Waals surface area contributed by atoms with Gasteiger partial charge in [0.2, 0.25) is 0 Å².